The monoisotopic (exact) mass is 328 g/mol. The summed E-state index contributed by atoms with van der Waals surface area (Å²) in [5.74, 6) is 2.25. The van der Waals surface area contributed by atoms with Crippen molar-refractivity contribution in [1.82, 2.24) is 14.9 Å². The lowest BCUT2D eigenvalue weighted by Crippen LogP contribution is -2.40. The number of aromatic nitrogens is 2. The van der Waals surface area contributed by atoms with Gasteiger partial charge in [-0.3, -0.25) is 4.79 Å². The van der Waals surface area contributed by atoms with Gasteiger partial charge in [-0.05, 0) is 46.7 Å². The molecule has 5 nitrogen and oxygen atoms in total. The van der Waals surface area contributed by atoms with Gasteiger partial charge in [0, 0.05) is 38.6 Å². The maximum absolute atomic E-state index is 12.5. The van der Waals surface area contributed by atoms with E-state index < -0.39 is 0 Å². The van der Waals surface area contributed by atoms with Crippen molar-refractivity contribution in [3.8, 4) is 0 Å². The topological polar surface area (TPSA) is 49.3 Å². The molecule has 1 amide bonds. The van der Waals surface area contributed by atoms with E-state index in [2.05, 4.69) is 25.1 Å². The average Bonchev–Trinajstić information content (AvgIpc) is 3.24. The molecule has 23 heavy (non-hydrogen) atoms. The summed E-state index contributed by atoms with van der Waals surface area (Å²) in [5.41, 5.74) is 1.13. The molecule has 0 aromatic carbocycles. The Balaban J connectivity index is 1.39. The van der Waals surface area contributed by atoms with Crippen molar-refractivity contribution >= 4 is 23.2 Å². The normalized spacial score (nSPS) is 23.8. The number of nitrogens with zero attached hydrogens (tertiary/aromatic N) is 4. The third kappa shape index (κ3) is 3.08. The van der Waals surface area contributed by atoms with Crippen LogP contribution in [0.5, 0.6) is 0 Å². The minimum atomic E-state index is 0.264. The Morgan fingerprint density at radius 2 is 2.04 bits per heavy atom. The highest BCUT2D eigenvalue weighted by atomic mass is 32.1. The predicted octanol–water partition coefficient (Wildman–Crippen LogP) is 2.07. The quantitative estimate of drug-likeness (QED) is 0.865. The van der Waals surface area contributed by atoms with Gasteiger partial charge in [0.15, 0.2) is 0 Å². The summed E-state index contributed by atoms with van der Waals surface area (Å²) in [5, 5.41) is 4.10. The van der Waals surface area contributed by atoms with Gasteiger partial charge in [0.05, 0.1) is 6.42 Å². The van der Waals surface area contributed by atoms with Crippen LogP contribution in [0.25, 0.3) is 0 Å². The fourth-order valence-corrected chi connectivity index (χ4v) is 4.36. The Bertz CT molecular complexity index is 660. The van der Waals surface area contributed by atoms with Gasteiger partial charge in [-0.2, -0.15) is 11.3 Å². The largest absolute Gasteiger partial charge is 0.342 e. The van der Waals surface area contributed by atoms with E-state index in [0.29, 0.717) is 18.3 Å². The first-order valence-corrected chi connectivity index (χ1v) is 9.04. The first-order chi connectivity index (χ1) is 11.3. The lowest BCUT2D eigenvalue weighted by atomic mass is 9.89. The van der Waals surface area contributed by atoms with E-state index in [1.165, 1.54) is 0 Å². The highest BCUT2D eigenvalue weighted by Gasteiger charge is 2.39. The number of carbonyl (C=O) groups excluding carboxylic acids is 1. The van der Waals surface area contributed by atoms with Gasteiger partial charge < -0.3 is 9.80 Å². The Morgan fingerprint density at radius 3 is 2.83 bits per heavy atom. The molecule has 2 aliphatic rings. The van der Waals surface area contributed by atoms with Crippen LogP contribution in [0, 0.1) is 11.8 Å². The Labute approximate surface area is 140 Å². The maximum atomic E-state index is 12.5. The number of carbonyl (C=O) groups is 1. The third-order valence-corrected chi connectivity index (χ3v) is 5.66. The van der Waals surface area contributed by atoms with Gasteiger partial charge in [0.25, 0.3) is 0 Å². The van der Waals surface area contributed by atoms with E-state index in [1.807, 2.05) is 17.5 Å². The summed E-state index contributed by atoms with van der Waals surface area (Å²) in [4.78, 5) is 25.5. The molecule has 0 spiro atoms. The number of thiophene rings is 1. The van der Waals surface area contributed by atoms with E-state index in [-0.39, 0.29) is 5.91 Å². The van der Waals surface area contributed by atoms with Crippen LogP contribution in [-0.2, 0) is 11.2 Å². The molecule has 2 saturated heterocycles. The van der Waals surface area contributed by atoms with Gasteiger partial charge in [0.2, 0.25) is 11.9 Å². The zero-order chi connectivity index (χ0) is 15.6. The fourth-order valence-electron chi connectivity index (χ4n) is 3.69. The minimum Gasteiger partial charge on any atom is -0.342 e. The molecule has 2 aromatic rings. The molecule has 0 unspecified atom stereocenters. The van der Waals surface area contributed by atoms with Crippen LogP contribution in [0.4, 0.5) is 5.95 Å². The zero-order valence-electron chi connectivity index (χ0n) is 13.0. The standard InChI is InChI=1S/C17H20N4OS/c22-16(8-13-3-7-23-12-13)21-9-14-2-6-20(10-15(14)11-21)17-18-4-1-5-19-17/h1,3-5,7,12,14-15H,2,6,8-11H2/t14-,15+/m0/s1. The molecule has 0 N–H and O–H groups in total. The summed E-state index contributed by atoms with van der Waals surface area (Å²) in [6, 6.07) is 3.89. The molecular formula is C17H20N4OS. The van der Waals surface area contributed by atoms with E-state index in [1.54, 1.807) is 23.7 Å². The maximum Gasteiger partial charge on any atom is 0.227 e. The molecule has 0 radical (unpaired) electrons. The van der Waals surface area contributed by atoms with Crippen molar-refractivity contribution in [3.05, 3.63) is 40.8 Å². The van der Waals surface area contributed by atoms with Crippen molar-refractivity contribution < 1.29 is 4.79 Å². The van der Waals surface area contributed by atoms with E-state index in [9.17, 15) is 4.79 Å². The molecule has 0 bridgehead atoms. The molecule has 4 rings (SSSR count). The van der Waals surface area contributed by atoms with Gasteiger partial charge >= 0.3 is 0 Å². The molecule has 2 aliphatic heterocycles. The van der Waals surface area contributed by atoms with Crippen molar-refractivity contribution in [1.29, 1.82) is 0 Å². The van der Waals surface area contributed by atoms with Crippen LogP contribution in [-0.4, -0.2) is 47.0 Å². The van der Waals surface area contributed by atoms with Crippen LogP contribution < -0.4 is 4.90 Å². The number of fused-ring (bicyclic) bond motifs is 1. The molecule has 120 valence electrons. The molecule has 0 saturated carbocycles. The van der Waals surface area contributed by atoms with Gasteiger partial charge in [-0.15, -0.1) is 0 Å². The summed E-state index contributed by atoms with van der Waals surface area (Å²) >= 11 is 1.65. The van der Waals surface area contributed by atoms with E-state index in [0.717, 1.165) is 44.1 Å². The predicted molar refractivity (Wildman–Crippen MR) is 90.4 cm³/mol. The van der Waals surface area contributed by atoms with Crippen LogP contribution in [0.1, 0.15) is 12.0 Å². The van der Waals surface area contributed by atoms with Crippen LogP contribution in [0.3, 0.4) is 0 Å². The lowest BCUT2D eigenvalue weighted by molar-refractivity contribution is -0.129. The van der Waals surface area contributed by atoms with Crippen LogP contribution >= 0.6 is 11.3 Å². The van der Waals surface area contributed by atoms with Crippen molar-refractivity contribution in [2.45, 2.75) is 12.8 Å². The molecular weight excluding hydrogens is 308 g/mol. The Morgan fingerprint density at radius 1 is 1.22 bits per heavy atom. The third-order valence-electron chi connectivity index (χ3n) is 4.92. The van der Waals surface area contributed by atoms with E-state index >= 15 is 0 Å². The second-order valence-corrected chi connectivity index (χ2v) is 7.19. The number of amides is 1. The van der Waals surface area contributed by atoms with Gasteiger partial charge in [-0.1, -0.05) is 0 Å². The smallest absolute Gasteiger partial charge is 0.227 e. The van der Waals surface area contributed by atoms with Gasteiger partial charge in [0.1, 0.15) is 0 Å². The number of likely N-dealkylation sites (tertiary alicyclic amines) is 1. The summed E-state index contributed by atoms with van der Waals surface area (Å²) in [6.07, 6.45) is 5.24. The second kappa shape index (κ2) is 6.28. The first-order valence-electron chi connectivity index (χ1n) is 8.10. The van der Waals surface area contributed by atoms with Crippen LogP contribution in [0.2, 0.25) is 0 Å². The average molecular weight is 328 g/mol. The number of piperidine rings is 1. The van der Waals surface area contributed by atoms with Crippen molar-refractivity contribution in [2.75, 3.05) is 31.1 Å². The molecule has 2 fully saturated rings. The molecule has 0 aliphatic carbocycles. The van der Waals surface area contributed by atoms with E-state index in [4.69, 9.17) is 0 Å². The second-order valence-electron chi connectivity index (χ2n) is 6.41. The summed E-state index contributed by atoms with van der Waals surface area (Å²) in [7, 11) is 0. The van der Waals surface area contributed by atoms with Crippen LogP contribution in [0.15, 0.2) is 35.3 Å². The molecule has 2 atom stereocenters. The fraction of sp³-hybridized carbons (Fsp3) is 0.471. The first kappa shape index (κ1) is 14.6. The Kier molecular flexibility index (Phi) is 3.99. The Hall–Kier alpha value is -1.95. The minimum absolute atomic E-state index is 0.264. The molecule has 4 heterocycles. The van der Waals surface area contributed by atoms with Crippen molar-refractivity contribution in [2.24, 2.45) is 11.8 Å². The summed E-state index contributed by atoms with van der Waals surface area (Å²) in [6.45, 7) is 3.72. The SMILES string of the molecule is O=C(Cc1ccsc1)N1C[C@@H]2CCN(c3ncccn3)C[C@@H]2C1. The highest BCUT2D eigenvalue weighted by molar-refractivity contribution is 7.07. The summed E-state index contributed by atoms with van der Waals surface area (Å²) < 4.78 is 0. The zero-order valence-corrected chi connectivity index (χ0v) is 13.8. The molecule has 6 heteroatoms. The number of rotatable bonds is 3. The van der Waals surface area contributed by atoms with Gasteiger partial charge in [-0.25, -0.2) is 9.97 Å². The molecule has 2 aromatic heterocycles. The number of hydrogen-bond acceptors (Lipinski definition) is 5. The lowest BCUT2D eigenvalue weighted by Gasteiger charge is -2.34. The van der Waals surface area contributed by atoms with Crippen molar-refractivity contribution in [3.63, 3.8) is 0 Å². The number of hydrogen-bond donors (Lipinski definition) is 0. The highest BCUT2D eigenvalue weighted by Crippen LogP contribution is 2.32. The number of anilines is 1.